The molecule has 1 saturated carbocycles. The van der Waals surface area contributed by atoms with E-state index in [2.05, 4.69) is 5.32 Å². The van der Waals surface area contributed by atoms with Crippen molar-refractivity contribution < 1.29 is 4.79 Å². The van der Waals surface area contributed by atoms with Gasteiger partial charge in [0.25, 0.3) is 5.91 Å². The third-order valence-electron chi connectivity index (χ3n) is 3.77. The van der Waals surface area contributed by atoms with Gasteiger partial charge in [-0.05, 0) is 31.0 Å². The zero-order valence-corrected chi connectivity index (χ0v) is 12.6. The van der Waals surface area contributed by atoms with Crippen molar-refractivity contribution in [2.45, 2.75) is 18.4 Å². The van der Waals surface area contributed by atoms with E-state index in [-0.39, 0.29) is 23.9 Å². The highest BCUT2D eigenvalue weighted by atomic mass is 35.5. The number of carbonyl (C=O) groups is 1. The second-order valence-corrected chi connectivity index (χ2v) is 5.83. The van der Waals surface area contributed by atoms with Gasteiger partial charge in [-0.3, -0.25) is 4.79 Å². The van der Waals surface area contributed by atoms with Crippen LogP contribution >= 0.6 is 35.6 Å². The minimum absolute atomic E-state index is 0. The lowest BCUT2D eigenvalue weighted by atomic mass is 10.1. The summed E-state index contributed by atoms with van der Waals surface area (Å²) in [5, 5.41) is 4.34. The first-order chi connectivity index (χ1) is 8.62. The minimum Gasteiger partial charge on any atom is -0.330 e. The van der Waals surface area contributed by atoms with Crippen LogP contribution in [0.1, 0.15) is 23.2 Å². The van der Waals surface area contributed by atoms with E-state index in [9.17, 15) is 4.79 Å². The highest BCUT2D eigenvalue weighted by molar-refractivity contribution is 6.36. The van der Waals surface area contributed by atoms with Crippen molar-refractivity contribution in [3.63, 3.8) is 0 Å². The van der Waals surface area contributed by atoms with Gasteiger partial charge in [-0.1, -0.05) is 23.2 Å². The first kappa shape index (κ1) is 14.9. The van der Waals surface area contributed by atoms with Crippen LogP contribution in [0.5, 0.6) is 0 Å². The van der Waals surface area contributed by atoms with Gasteiger partial charge in [0.05, 0.1) is 16.1 Å². The molecule has 104 valence electrons. The topological polar surface area (TPSA) is 32.3 Å². The van der Waals surface area contributed by atoms with Crippen molar-refractivity contribution in [3.8, 4) is 0 Å². The Bertz CT molecular complexity index is 503. The first-order valence-electron chi connectivity index (χ1n) is 6.10. The van der Waals surface area contributed by atoms with Gasteiger partial charge in [-0.15, -0.1) is 12.4 Å². The molecule has 1 saturated heterocycles. The zero-order valence-electron chi connectivity index (χ0n) is 10.3. The maximum absolute atomic E-state index is 12.6. The highest BCUT2D eigenvalue weighted by Crippen LogP contribution is 2.43. The van der Waals surface area contributed by atoms with Gasteiger partial charge in [0.1, 0.15) is 0 Å². The third-order valence-corrected chi connectivity index (χ3v) is 4.32. The molecule has 0 aromatic heterocycles. The number of hydrogen-bond donors (Lipinski definition) is 1. The summed E-state index contributed by atoms with van der Waals surface area (Å²) in [6.07, 6.45) is 2.16. The lowest BCUT2D eigenvalue weighted by Crippen LogP contribution is -2.55. The van der Waals surface area contributed by atoms with Gasteiger partial charge >= 0.3 is 0 Å². The molecule has 0 unspecified atom stereocenters. The fraction of sp³-hybridized carbons (Fsp3) is 0.462. The van der Waals surface area contributed by atoms with Crippen molar-refractivity contribution in [2.75, 3.05) is 19.6 Å². The summed E-state index contributed by atoms with van der Waals surface area (Å²) in [7, 11) is 0. The Labute approximate surface area is 128 Å². The molecule has 1 aliphatic heterocycles. The van der Waals surface area contributed by atoms with Crippen LogP contribution < -0.4 is 5.32 Å². The Morgan fingerprint density at radius 3 is 2.68 bits per heavy atom. The molecule has 1 spiro atoms. The lowest BCUT2D eigenvalue weighted by Gasteiger charge is -2.37. The van der Waals surface area contributed by atoms with Gasteiger partial charge in [-0.25, -0.2) is 0 Å². The molecule has 1 heterocycles. The highest BCUT2D eigenvalue weighted by Gasteiger charge is 2.51. The summed E-state index contributed by atoms with van der Waals surface area (Å²) in [4.78, 5) is 14.5. The van der Waals surface area contributed by atoms with Crippen molar-refractivity contribution in [3.05, 3.63) is 33.8 Å². The Balaban J connectivity index is 0.00000133. The van der Waals surface area contributed by atoms with Gasteiger partial charge in [-0.2, -0.15) is 0 Å². The van der Waals surface area contributed by atoms with Crippen LogP contribution in [0.3, 0.4) is 0 Å². The van der Waals surface area contributed by atoms with Gasteiger partial charge in [0.15, 0.2) is 0 Å². The van der Waals surface area contributed by atoms with E-state index in [0.29, 0.717) is 15.6 Å². The number of carbonyl (C=O) groups excluding carboxylic acids is 1. The minimum atomic E-state index is 0. The monoisotopic (exact) mass is 320 g/mol. The van der Waals surface area contributed by atoms with Crippen LogP contribution in [-0.2, 0) is 0 Å². The zero-order chi connectivity index (χ0) is 12.8. The number of benzene rings is 1. The quantitative estimate of drug-likeness (QED) is 0.862. The van der Waals surface area contributed by atoms with Crippen LogP contribution in [0.2, 0.25) is 10.0 Å². The summed E-state index contributed by atoms with van der Waals surface area (Å²) in [6, 6.07) is 5.05. The summed E-state index contributed by atoms with van der Waals surface area (Å²) in [5.74, 6) is 0.0238. The van der Waals surface area contributed by atoms with Crippen molar-refractivity contribution in [2.24, 2.45) is 0 Å². The maximum atomic E-state index is 12.6. The summed E-state index contributed by atoms with van der Waals surface area (Å²) in [6.45, 7) is 2.49. The largest absolute Gasteiger partial charge is 0.330 e. The number of nitrogens with zero attached hydrogens (tertiary/aromatic N) is 1. The molecule has 0 atom stereocenters. The molecular formula is C13H15Cl3N2O. The number of amides is 1. The molecule has 19 heavy (non-hydrogen) atoms. The van der Waals surface area contributed by atoms with E-state index in [4.69, 9.17) is 23.2 Å². The summed E-state index contributed by atoms with van der Waals surface area (Å²) < 4.78 is 0. The lowest BCUT2D eigenvalue weighted by molar-refractivity contribution is 0.0601. The first-order valence-corrected chi connectivity index (χ1v) is 6.86. The molecule has 1 amide bonds. The second kappa shape index (κ2) is 5.49. The molecule has 2 aliphatic rings. The third kappa shape index (κ3) is 2.70. The average Bonchev–Trinajstić information content (AvgIpc) is 3.09. The van der Waals surface area contributed by atoms with Crippen LogP contribution in [0.15, 0.2) is 18.2 Å². The van der Waals surface area contributed by atoms with E-state index in [1.54, 1.807) is 18.2 Å². The molecule has 2 fully saturated rings. The number of rotatable bonds is 1. The van der Waals surface area contributed by atoms with Gasteiger partial charge in [0.2, 0.25) is 0 Å². The molecule has 0 radical (unpaired) electrons. The van der Waals surface area contributed by atoms with Gasteiger partial charge < -0.3 is 10.2 Å². The molecule has 3 nitrogen and oxygen atoms in total. The van der Waals surface area contributed by atoms with E-state index >= 15 is 0 Å². The normalized spacial score (nSPS) is 20.0. The molecule has 6 heteroatoms. The van der Waals surface area contributed by atoms with E-state index in [1.165, 1.54) is 0 Å². The van der Waals surface area contributed by atoms with E-state index < -0.39 is 0 Å². The molecule has 3 rings (SSSR count). The Morgan fingerprint density at radius 2 is 2.05 bits per heavy atom. The maximum Gasteiger partial charge on any atom is 0.255 e. The smallest absolute Gasteiger partial charge is 0.255 e. The van der Waals surface area contributed by atoms with Crippen molar-refractivity contribution in [1.82, 2.24) is 10.2 Å². The predicted molar refractivity (Wildman–Crippen MR) is 79.6 cm³/mol. The molecule has 1 N–H and O–H groups in total. The molecular weight excluding hydrogens is 307 g/mol. The van der Waals surface area contributed by atoms with Crippen LogP contribution in [0.4, 0.5) is 0 Å². The van der Waals surface area contributed by atoms with Crippen molar-refractivity contribution in [1.29, 1.82) is 0 Å². The Kier molecular flexibility index (Phi) is 4.31. The molecule has 1 aromatic rings. The predicted octanol–water partition coefficient (Wildman–Crippen LogP) is 2.99. The standard InChI is InChI=1S/C13H14Cl2N2O.ClH/c14-9-1-2-10(11(15)7-9)12(18)17-6-5-16-8-13(17)3-4-13;/h1-2,7,16H,3-6,8H2;1H. The SMILES string of the molecule is Cl.O=C(c1ccc(Cl)cc1Cl)N1CCNCC12CC2. The molecule has 1 aromatic carbocycles. The Morgan fingerprint density at radius 1 is 1.32 bits per heavy atom. The number of hydrogen-bond acceptors (Lipinski definition) is 2. The second-order valence-electron chi connectivity index (χ2n) is 4.98. The van der Waals surface area contributed by atoms with E-state index in [0.717, 1.165) is 32.5 Å². The van der Waals surface area contributed by atoms with Gasteiger partial charge in [0, 0.05) is 24.7 Å². The number of halogens is 3. The fourth-order valence-electron chi connectivity index (χ4n) is 2.56. The van der Waals surface area contributed by atoms with Crippen LogP contribution in [0.25, 0.3) is 0 Å². The average molecular weight is 322 g/mol. The van der Waals surface area contributed by atoms with Crippen LogP contribution in [-0.4, -0.2) is 36.0 Å². The number of piperazine rings is 1. The van der Waals surface area contributed by atoms with Crippen molar-refractivity contribution >= 4 is 41.5 Å². The van der Waals surface area contributed by atoms with Crippen LogP contribution in [0, 0.1) is 0 Å². The molecule has 0 bridgehead atoms. The fourth-order valence-corrected chi connectivity index (χ4v) is 3.05. The molecule has 1 aliphatic carbocycles. The van der Waals surface area contributed by atoms with E-state index in [1.807, 2.05) is 4.90 Å². The number of nitrogens with one attached hydrogen (secondary N) is 1. The Hall–Kier alpha value is -0.480. The summed E-state index contributed by atoms with van der Waals surface area (Å²) >= 11 is 12.0. The summed E-state index contributed by atoms with van der Waals surface area (Å²) in [5.41, 5.74) is 0.590.